The van der Waals surface area contributed by atoms with E-state index in [-0.39, 0.29) is 22.5 Å². The predicted molar refractivity (Wildman–Crippen MR) is 132 cm³/mol. The van der Waals surface area contributed by atoms with Gasteiger partial charge in [0.25, 0.3) is 5.56 Å². The molecule has 0 saturated heterocycles. The molecule has 8 heteroatoms. The Morgan fingerprint density at radius 2 is 2.00 bits per heavy atom. The van der Waals surface area contributed by atoms with Crippen LogP contribution in [0.1, 0.15) is 40.0 Å². The zero-order valence-corrected chi connectivity index (χ0v) is 20.4. The highest BCUT2D eigenvalue weighted by Crippen LogP contribution is 2.31. The normalized spacial score (nSPS) is 21.7. The molecule has 1 heterocycles. The summed E-state index contributed by atoms with van der Waals surface area (Å²) in [5.74, 6) is 0.331. The summed E-state index contributed by atoms with van der Waals surface area (Å²) in [6, 6.07) is 11.3. The van der Waals surface area contributed by atoms with Crippen LogP contribution in [0.4, 0.5) is 4.39 Å². The highest BCUT2D eigenvalue weighted by Gasteiger charge is 2.30. The van der Waals surface area contributed by atoms with Crippen LogP contribution < -0.4 is 10.9 Å². The third kappa shape index (κ3) is 4.94. The second-order valence-corrected chi connectivity index (χ2v) is 10.5. The van der Waals surface area contributed by atoms with E-state index < -0.39 is 11.1 Å². The van der Waals surface area contributed by atoms with E-state index in [4.69, 9.17) is 11.6 Å². The molecule has 174 valence electrons. The lowest BCUT2D eigenvalue weighted by Crippen LogP contribution is -2.46. The van der Waals surface area contributed by atoms with Gasteiger partial charge in [-0.15, -0.1) is 0 Å². The first-order chi connectivity index (χ1) is 15.8. The molecule has 1 fully saturated rings. The van der Waals surface area contributed by atoms with Crippen molar-refractivity contribution in [2.24, 2.45) is 11.8 Å². The minimum absolute atomic E-state index is 0.0861. The molecule has 1 amide bonds. The van der Waals surface area contributed by atoms with Gasteiger partial charge in [0.15, 0.2) is 5.16 Å². The lowest BCUT2D eigenvalue weighted by atomic mass is 9.78. The van der Waals surface area contributed by atoms with Crippen LogP contribution >= 0.6 is 23.4 Å². The van der Waals surface area contributed by atoms with Gasteiger partial charge < -0.3 is 5.32 Å². The van der Waals surface area contributed by atoms with Crippen LogP contribution in [-0.4, -0.2) is 26.8 Å². The summed E-state index contributed by atoms with van der Waals surface area (Å²) >= 11 is 7.20. The number of para-hydroxylation sites is 1. The smallest absolute Gasteiger partial charge is 0.266 e. The van der Waals surface area contributed by atoms with Crippen LogP contribution in [-0.2, 0) is 4.79 Å². The van der Waals surface area contributed by atoms with Gasteiger partial charge in [0.1, 0.15) is 5.82 Å². The van der Waals surface area contributed by atoms with Gasteiger partial charge >= 0.3 is 0 Å². The van der Waals surface area contributed by atoms with Crippen molar-refractivity contribution in [3.63, 3.8) is 0 Å². The lowest BCUT2D eigenvalue weighted by molar-refractivity contribution is -0.121. The summed E-state index contributed by atoms with van der Waals surface area (Å²) in [6.07, 6.45) is 3.27. The number of amides is 1. The molecule has 4 rings (SSSR count). The molecule has 5 nitrogen and oxygen atoms in total. The molecule has 2 aromatic carbocycles. The SMILES string of the molecule is C[C@H]1[C@H](C)CCC[C@@H]1NC(=O)[C@H](C)Sc1nc2ccccc2c(=O)n1-c1ccc(F)c(Cl)c1. The summed E-state index contributed by atoms with van der Waals surface area (Å²) in [6.45, 7) is 6.22. The highest BCUT2D eigenvalue weighted by molar-refractivity contribution is 8.00. The Kier molecular flexibility index (Phi) is 7.10. The summed E-state index contributed by atoms with van der Waals surface area (Å²) in [5, 5.41) is 3.42. The number of aromatic nitrogens is 2. The number of fused-ring (bicyclic) bond motifs is 1. The number of rotatable bonds is 5. The molecule has 0 radical (unpaired) electrons. The second-order valence-electron chi connectivity index (χ2n) is 8.79. The highest BCUT2D eigenvalue weighted by atomic mass is 35.5. The standard InChI is InChI=1S/C25H27ClFN3O2S/c1-14-7-6-10-21(15(14)2)28-23(31)16(3)33-25-29-22-9-5-4-8-18(22)24(32)30(25)17-11-12-20(27)19(26)13-17/h4-5,8-9,11-16,21H,6-7,10H2,1-3H3,(H,28,31)/t14-,15+,16+,21+/m1/s1. The third-order valence-corrected chi connectivity index (χ3v) is 7.93. The number of thioether (sulfide) groups is 1. The van der Waals surface area contributed by atoms with Crippen LogP contribution in [0.25, 0.3) is 16.6 Å². The van der Waals surface area contributed by atoms with E-state index >= 15 is 0 Å². The van der Waals surface area contributed by atoms with Crippen molar-refractivity contribution >= 4 is 40.2 Å². The number of carbonyl (C=O) groups is 1. The van der Waals surface area contributed by atoms with E-state index in [1.807, 2.05) is 6.07 Å². The fourth-order valence-electron chi connectivity index (χ4n) is 4.34. The molecule has 1 aliphatic rings. The van der Waals surface area contributed by atoms with Crippen molar-refractivity contribution < 1.29 is 9.18 Å². The molecule has 0 spiro atoms. The van der Waals surface area contributed by atoms with Crippen LogP contribution in [0.15, 0.2) is 52.4 Å². The van der Waals surface area contributed by atoms with E-state index in [1.54, 1.807) is 25.1 Å². The number of nitrogens with one attached hydrogen (secondary N) is 1. The largest absolute Gasteiger partial charge is 0.352 e. The Bertz CT molecular complexity index is 1250. The average Bonchev–Trinajstić information content (AvgIpc) is 2.79. The predicted octanol–water partition coefficient (Wildman–Crippen LogP) is 5.60. The van der Waals surface area contributed by atoms with E-state index in [0.717, 1.165) is 12.8 Å². The maximum atomic E-state index is 13.8. The summed E-state index contributed by atoms with van der Waals surface area (Å²) < 4.78 is 15.2. The first-order valence-corrected chi connectivity index (χ1v) is 12.5. The monoisotopic (exact) mass is 487 g/mol. The molecule has 33 heavy (non-hydrogen) atoms. The van der Waals surface area contributed by atoms with E-state index in [0.29, 0.717) is 33.6 Å². The minimum atomic E-state index is -0.569. The molecule has 4 atom stereocenters. The van der Waals surface area contributed by atoms with Gasteiger partial charge in [-0.05, 0) is 55.5 Å². The van der Waals surface area contributed by atoms with Gasteiger partial charge in [-0.25, -0.2) is 9.37 Å². The zero-order chi connectivity index (χ0) is 23.7. The topological polar surface area (TPSA) is 64.0 Å². The quantitative estimate of drug-likeness (QED) is 0.376. The third-order valence-electron chi connectivity index (χ3n) is 6.59. The first kappa shape index (κ1) is 23.8. The van der Waals surface area contributed by atoms with Crippen molar-refractivity contribution in [1.82, 2.24) is 14.9 Å². The number of hydrogen-bond acceptors (Lipinski definition) is 4. The molecular formula is C25H27ClFN3O2S. The van der Waals surface area contributed by atoms with Crippen molar-refractivity contribution in [2.75, 3.05) is 0 Å². The van der Waals surface area contributed by atoms with Gasteiger partial charge in [-0.1, -0.05) is 62.2 Å². The molecule has 0 unspecified atom stereocenters. The average molecular weight is 488 g/mol. The second kappa shape index (κ2) is 9.85. The fourth-order valence-corrected chi connectivity index (χ4v) is 5.45. The maximum Gasteiger partial charge on any atom is 0.266 e. The van der Waals surface area contributed by atoms with Crippen molar-refractivity contribution in [2.45, 2.75) is 56.5 Å². The molecule has 1 aliphatic carbocycles. The molecular weight excluding hydrogens is 461 g/mol. The molecule has 3 aromatic rings. The van der Waals surface area contributed by atoms with Gasteiger partial charge in [0.05, 0.1) is 26.9 Å². The molecule has 0 aliphatic heterocycles. The number of hydrogen-bond donors (Lipinski definition) is 1. The Morgan fingerprint density at radius 1 is 1.24 bits per heavy atom. The summed E-state index contributed by atoms with van der Waals surface area (Å²) in [4.78, 5) is 31.1. The summed E-state index contributed by atoms with van der Waals surface area (Å²) in [5.41, 5.74) is 0.638. The molecule has 1 saturated carbocycles. The van der Waals surface area contributed by atoms with Gasteiger partial charge in [0, 0.05) is 6.04 Å². The summed E-state index contributed by atoms with van der Waals surface area (Å²) in [7, 11) is 0. The Morgan fingerprint density at radius 3 is 2.76 bits per heavy atom. The first-order valence-electron chi connectivity index (χ1n) is 11.2. The number of carbonyl (C=O) groups excluding carboxylic acids is 1. The maximum absolute atomic E-state index is 13.8. The van der Waals surface area contributed by atoms with Gasteiger partial charge in [-0.3, -0.25) is 14.2 Å². The van der Waals surface area contributed by atoms with Crippen molar-refractivity contribution in [3.05, 3.63) is 63.7 Å². The van der Waals surface area contributed by atoms with E-state index in [9.17, 15) is 14.0 Å². The Hall–Kier alpha value is -2.38. The van der Waals surface area contributed by atoms with E-state index in [1.165, 1.54) is 40.9 Å². The molecule has 0 bridgehead atoms. The number of benzene rings is 2. The van der Waals surface area contributed by atoms with Crippen molar-refractivity contribution in [3.8, 4) is 5.69 Å². The molecule has 1 N–H and O–H groups in total. The van der Waals surface area contributed by atoms with Crippen LogP contribution in [0.3, 0.4) is 0 Å². The van der Waals surface area contributed by atoms with Crippen LogP contribution in [0, 0.1) is 17.7 Å². The van der Waals surface area contributed by atoms with Gasteiger partial charge in [-0.2, -0.15) is 0 Å². The van der Waals surface area contributed by atoms with Crippen molar-refractivity contribution in [1.29, 1.82) is 0 Å². The Balaban J connectivity index is 1.68. The zero-order valence-electron chi connectivity index (χ0n) is 18.8. The van der Waals surface area contributed by atoms with Crippen LogP contribution in [0.2, 0.25) is 5.02 Å². The van der Waals surface area contributed by atoms with Gasteiger partial charge in [0.2, 0.25) is 5.91 Å². The van der Waals surface area contributed by atoms with Crippen LogP contribution in [0.5, 0.6) is 0 Å². The Labute approximate surface area is 201 Å². The fraction of sp³-hybridized carbons (Fsp3) is 0.400. The van der Waals surface area contributed by atoms with E-state index in [2.05, 4.69) is 24.1 Å². The number of nitrogens with zero attached hydrogens (tertiary/aromatic N) is 2. The molecule has 1 aromatic heterocycles. The minimum Gasteiger partial charge on any atom is -0.352 e. The number of halogens is 2. The lowest BCUT2D eigenvalue weighted by Gasteiger charge is -2.35.